The molecule has 7 nitrogen and oxygen atoms in total. The Morgan fingerprint density at radius 3 is 2.71 bits per heavy atom. The average Bonchev–Trinajstić information content (AvgIpc) is 2.72. The van der Waals surface area contributed by atoms with Gasteiger partial charge in [0.05, 0.1) is 19.9 Å². The SMILES string of the molecule is COc1cc2c(cc1OC)-c1cc(OCc3ncccc3F)nc(=O)n1CC2. The number of halogens is 1. The number of nitrogens with zero attached hydrogens (tertiary/aromatic N) is 3. The molecule has 1 aliphatic rings. The van der Waals surface area contributed by atoms with Crippen LogP contribution >= 0.6 is 0 Å². The van der Waals surface area contributed by atoms with E-state index in [-0.39, 0.29) is 18.2 Å². The summed E-state index contributed by atoms with van der Waals surface area (Å²) in [6.45, 7) is 0.375. The molecule has 0 unspecified atom stereocenters. The molecule has 3 heterocycles. The Morgan fingerprint density at radius 2 is 1.96 bits per heavy atom. The van der Waals surface area contributed by atoms with E-state index in [2.05, 4.69) is 9.97 Å². The van der Waals surface area contributed by atoms with E-state index in [4.69, 9.17) is 14.2 Å². The molecule has 8 heteroatoms. The Morgan fingerprint density at radius 1 is 1.18 bits per heavy atom. The van der Waals surface area contributed by atoms with Crippen LogP contribution in [0.5, 0.6) is 17.4 Å². The molecule has 4 rings (SSSR count). The number of aryl methyl sites for hydroxylation is 1. The van der Waals surface area contributed by atoms with E-state index in [1.54, 1.807) is 24.9 Å². The molecule has 2 aromatic heterocycles. The number of fused-ring (bicyclic) bond motifs is 3. The first-order valence-electron chi connectivity index (χ1n) is 8.70. The Bertz CT molecular complexity index is 1100. The van der Waals surface area contributed by atoms with Gasteiger partial charge in [0.2, 0.25) is 5.88 Å². The van der Waals surface area contributed by atoms with Crippen LogP contribution in [0.3, 0.4) is 0 Å². The van der Waals surface area contributed by atoms with Crippen molar-refractivity contribution in [3.63, 3.8) is 0 Å². The highest BCUT2D eigenvalue weighted by atomic mass is 19.1. The van der Waals surface area contributed by atoms with Gasteiger partial charge in [-0.3, -0.25) is 9.55 Å². The van der Waals surface area contributed by atoms with Crippen molar-refractivity contribution in [3.05, 3.63) is 64.1 Å². The van der Waals surface area contributed by atoms with Gasteiger partial charge in [-0.15, -0.1) is 0 Å². The van der Waals surface area contributed by atoms with Crippen LogP contribution in [-0.2, 0) is 19.6 Å². The largest absolute Gasteiger partial charge is 0.493 e. The third-order valence-electron chi connectivity index (χ3n) is 4.67. The Balaban J connectivity index is 1.73. The normalized spacial score (nSPS) is 12.1. The minimum atomic E-state index is -0.473. The van der Waals surface area contributed by atoms with Gasteiger partial charge in [0.25, 0.3) is 0 Å². The number of pyridine rings is 1. The van der Waals surface area contributed by atoms with Gasteiger partial charge in [0.1, 0.15) is 18.1 Å². The zero-order valence-corrected chi connectivity index (χ0v) is 15.4. The molecule has 0 bridgehead atoms. The van der Waals surface area contributed by atoms with Crippen molar-refractivity contribution in [2.75, 3.05) is 14.2 Å². The van der Waals surface area contributed by atoms with Gasteiger partial charge in [-0.05, 0) is 36.2 Å². The van der Waals surface area contributed by atoms with Gasteiger partial charge in [-0.2, -0.15) is 4.98 Å². The third-order valence-corrected chi connectivity index (χ3v) is 4.67. The molecule has 0 saturated carbocycles. The number of benzene rings is 1. The molecule has 0 saturated heterocycles. The molecule has 1 aromatic carbocycles. The van der Waals surface area contributed by atoms with E-state index < -0.39 is 11.5 Å². The van der Waals surface area contributed by atoms with Gasteiger partial charge in [0, 0.05) is 24.4 Å². The fourth-order valence-corrected chi connectivity index (χ4v) is 3.26. The van der Waals surface area contributed by atoms with Crippen LogP contribution in [0.2, 0.25) is 0 Å². The van der Waals surface area contributed by atoms with Crippen LogP contribution in [-0.4, -0.2) is 28.8 Å². The first-order valence-corrected chi connectivity index (χ1v) is 8.70. The lowest BCUT2D eigenvalue weighted by molar-refractivity contribution is 0.280. The molecule has 144 valence electrons. The van der Waals surface area contributed by atoms with Crippen LogP contribution in [0.15, 0.2) is 41.3 Å². The number of hydrogen-bond donors (Lipinski definition) is 0. The Labute approximate surface area is 160 Å². The van der Waals surface area contributed by atoms with E-state index in [9.17, 15) is 9.18 Å². The fraction of sp³-hybridized carbons (Fsp3) is 0.250. The van der Waals surface area contributed by atoms with Crippen LogP contribution in [0.1, 0.15) is 11.3 Å². The van der Waals surface area contributed by atoms with E-state index in [1.807, 2.05) is 12.1 Å². The van der Waals surface area contributed by atoms with Crippen molar-refractivity contribution >= 4 is 0 Å². The van der Waals surface area contributed by atoms with Gasteiger partial charge in [-0.25, -0.2) is 9.18 Å². The van der Waals surface area contributed by atoms with Crippen LogP contribution in [0, 0.1) is 5.82 Å². The quantitative estimate of drug-likeness (QED) is 0.674. The lowest BCUT2D eigenvalue weighted by atomic mass is 9.97. The summed E-state index contributed by atoms with van der Waals surface area (Å²) in [5.74, 6) is 0.841. The minimum absolute atomic E-state index is 0.115. The summed E-state index contributed by atoms with van der Waals surface area (Å²) in [5, 5.41) is 0. The second-order valence-corrected chi connectivity index (χ2v) is 6.25. The van der Waals surface area contributed by atoms with E-state index in [0.717, 1.165) is 11.1 Å². The molecule has 0 amide bonds. The summed E-state index contributed by atoms with van der Waals surface area (Å²) in [6.07, 6.45) is 2.15. The molecule has 0 aliphatic carbocycles. The summed E-state index contributed by atoms with van der Waals surface area (Å²) in [7, 11) is 3.14. The topological polar surface area (TPSA) is 75.5 Å². The number of methoxy groups -OCH3 is 2. The highest BCUT2D eigenvalue weighted by molar-refractivity contribution is 5.70. The standard InChI is InChI=1S/C20H18FN3O4/c1-26-17-8-12-5-7-24-16(13(12)9-18(17)27-2)10-19(23-20(24)25)28-11-15-14(21)4-3-6-22-15/h3-4,6,8-10H,5,7,11H2,1-2H3. The lowest BCUT2D eigenvalue weighted by Gasteiger charge is -2.23. The monoisotopic (exact) mass is 383 g/mol. The maximum atomic E-state index is 13.7. The van der Waals surface area contributed by atoms with Crippen molar-refractivity contribution in [2.45, 2.75) is 19.6 Å². The molecule has 28 heavy (non-hydrogen) atoms. The zero-order valence-electron chi connectivity index (χ0n) is 15.4. The predicted molar refractivity (Wildman–Crippen MR) is 99.3 cm³/mol. The molecule has 0 spiro atoms. The van der Waals surface area contributed by atoms with Crippen molar-refractivity contribution in [1.29, 1.82) is 0 Å². The maximum Gasteiger partial charge on any atom is 0.351 e. The summed E-state index contributed by atoms with van der Waals surface area (Å²) in [4.78, 5) is 20.4. The van der Waals surface area contributed by atoms with Crippen molar-refractivity contribution < 1.29 is 18.6 Å². The van der Waals surface area contributed by atoms with Gasteiger partial charge >= 0.3 is 5.69 Å². The molecular formula is C20H18FN3O4. The number of hydrogen-bond acceptors (Lipinski definition) is 6. The number of rotatable bonds is 5. The van der Waals surface area contributed by atoms with E-state index >= 15 is 0 Å². The molecule has 3 aromatic rings. The first-order chi connectivity index (χ1) is 13.6. The molecule has 0 atom stereocenters. The van der Waals surface area contributed by atoms with Crippen molar-refractivity contribution in [2.24, 2.45) is 0 Å². The summed E-state index contributed by atoms with van der Waals surface area (Å²) in [6, 6.07) is 8.22. The van der Waals surface area contributed by atoms with E-state index in [0.29, 0.717) is 30.2 Å². The molecule has 0 radical (unpaired) electrons. The Hall–Kier alpha value is -3.42. The van der Waals surface area contributed by atoms with Crippen LogP contribution < -0.4 is 19.9 Å². The summed E-state index contributed by atoms with van der Waals surface area (Å²) < 4.78 is 31.6. The molecular weight excluding hydrogens is 365 g/mol. The second kappa shape index (κ2) is 7.30. The molecule has 0 N–H and O–H groups in total. The van der Waals surface area contributed by atoms with Crippen molar-refractivity contribution in [1.82, 2.24) is 14.5 Å². The van der Waals surface area contributed by atoms with Crippen molar-refractivity contribution in [3.8, 4) is 28.6 Å². The molecule has 0 fully saturated rings. The maximum absolute atomic E-state index is 13.7. The zero-order chi connectivity index (χ0) is 19.7. The lowest BCUT2D eigenvalue weighted by Crippen LogP contribution is -2.28. The van der Waals surface area contributed by atoms with E-state index in [1.165, 1.54) is 18.3 Å². The highest BCUT2D eigenvalue weighted by Gasteiger charge is 2.22. The smallest absolute Gasteiger partial charge is 0.351 e. The summed E-state index contributed by atoms with van der Waals surface area (Å²) >= 11 is 0. The summed E-state index contributed by atoms with van der Waals surface area (Å²) in [5.41, 5.74) is 2.27. The predicted octanol–water partition coefficient (Wildman–Crippen LogP) is 2.60. The van der Waals surface area contributed by atoms with Gasteiger partial charge in [-0.1, -0.05) is 0 Å². The minimum Gasteiger partial charge on any atom is -0.493 e. The average molecular weight is 383 g/mol. The first kappa shape index (κ1) is 18.0. The van der Waals surface area contributed by atoms with Gasteiger partial charge < -0.3 is 14.2 Å². The number of ether oxygens (including phenoxy) is 3. The van der Waals surface area contributed by atoms with Crippen LogP contribution in [0.4, 0.5) is 4.39 Å². The van der Waals surface area contributed by atoms with Crippen LogP contribution in [0.25, 0.3) is 11.3 Å². The molecule has 1 aliphatic heterocycles. The second-order valence-electron chi connectivity index (χ2n) is 6.25. The highest BCUT2D eigenvalue weighted by Crippen LogP contribution is 2.38. The third kappa shape index (κ3) is 3.17. The number of aromatic nitrogens is 3. The van der Waals surface area contributed by atoms with Gasteiger partial charge in [0.15, 0.2) is 11.5 Å². The Kier molecular flexibility index (Phi) is 4.68. The fourth-order valence-electron chi connectivity index (χ4n) is 3.26.